The van der Waals surface area contributed by atoms with E-state index in [4.69, 9.17) is 4.42 Å². The first kappa shape index (κ1) is 14.6. The van der Waals surface area contributed by atoms with Crippen LogP contribution in [0.25, 0.3) is 0 Å². The Morgan fingerprint density at radius 2 is 2.19 bits per heavy atom. The number of hydrogen-bond donors (Lipinski definition) is 1. The molecule has 3 rings (SSSR count). The lowest BCUT2D eigenvalue weighted by molar-refractivity contribution is -0.130. The van der Waals surface area contributed by atoms with Gasteiger partial charge in [-0.2, -0.15) is 0 Å². The third kappa shape index (κ3) is 4.60. The second-order valence-electron chi connectivity index (χ2n) is 6.44. The van der Waals surface area contributed by atoms with E-state index < -0.39 is 0 Å². The number of furan rings is 1. The summed E-state index contributed by atoms with van der Waals surface area (Å²) in [6.07, 6.45) is 9.23. The summed E-state index contributed by atoms with van der Waals surface area (Å²) in [5.41, 5.74) is 0. The number of nitrogens with one attached hydrogen (secondary N) is 1. The maximum Gasteiger partial charge on any atom is 0.222 e. The van der Waals surface area contributed by atoms with Crippen LogP contribution in [0.2, 0.25) is 0 Å². The number of hydrogen-bond acceptors (Lipinski definition) is 3. The zero-order valence-electron chi connectivity index (χ0n) is 12.7. The molecule has 0 bridgehead atoms. The standard InChI is InChI=1S/C17H26N2O2/c20-17-8-7-15(9-11-19(17)13-14-5-6-14)18-10-1-3-16-4-2-12-21-16/h2,4,12,14-15,18H,1,3,5-11,13H2. The second kappa shape index (κ2) is 7.12. The van der Waals surface area contributed by atoms with E-state index in [2.05, 4.69) is 10.2 Å². The van der Waals surface area contributed by atoms with Crippen LogP contribution < -0.4 is 5.32 Å². The molecule has 4 heteroatoms. The topological polar surface area (TPSA) is 45.5 Å². The van der Waals surface area contributed by atoms with Gasteiger partial charge in [0.15, 0.2) is 0 Å². The van der Waals surface area contributed by atoms with E-state index in [1.807, 2.05) is 12.1 Å². The number of amides is 1. The molecule has 1 atom stereocenters. The van der Waals surface area contributed by atoms with Crippen molar-refractivity contribution < 1.29 is 9.21 Å². The summed E-state index contributed by atoms with van der Waals surface area (Å²) in [4.78, 5) is 14.2. The van der Waals surface area contributed by atoms with E-state index in [-0.39, 0.29) is 0 Å². The van der Waals surface area contributed by atoms with E-state index in [1.54, 1.807) is 6.26 Å². The van der Waals surface area contributed by atoms with Crippen molar-refractivity contribution in [1.29, 1.82) is 0 Å². The first-order valence-electron chi connectivity index (χ1n) is 8.35. The zero-order valence-corrected chi connectivity index (χ0v) is 12.7. The van der Waals surface area contributed by atoms with E-state index in [1.165, 1.54) is 12.8 Å². The van der Waals surface area contributed by atoms with Crippen molar-refractivity contribution in [2.24, 2.45) is 5.92 Å². The van der Waals surface area contributed by atoms with Crippen molar-refractivity contribution in [2.75, 3.05) is 19.6 Å². The number of carbonyl (C=O) groups is 1. The van der Waals surface area contributed by atoms with Gasteiger partial charge in [-0.1, -0.05) is 0 Å². The van der Waals surface area contributed by atoms with Crippen LogP contribution in [-0.4, -0.2) is 36.5 Å². The van der Waals surface area contributed by atoms with Crippen LogP contribution in [-0.2, 0) is 11.2 Å². The van der Waals surface area contributed by atoms with Crippen LogP contribution in [0.15, 0.2) is 22.8 Å². The molecule has 1 aliphatic heterocycles. The van der Waals surface area contributed by atoms with E-state index >= 15 is 0 Å². The van der Waals surface area contributed by atoms with Gasteiger partial charge in [0.25, 0.3) is 0 Å². The summed E-state index contributed by atoms with van der Waals surface area (Å²) >= 11 is 0. The van der Waals surface area contributed by atoms with Crippen molar-refractivity contribution in [3.05, 3.63) is 24.2 Å². The summed E-state index contributed by atoms with van der Waals surface area (Å²) in [7, 11) is 0. The van der Waals surface area contributed by atoms with Crippen LogP contribution in [0.3, 0.4) is 0 Å². The molecule has 1 amide bonds. The molecular formula is C17H26N2O2. The summed E-state index contributed by atoms with van der Waals surface area (Å²) in [6, 6.07) is 4.46. The average Bonchev–Trinajstić information content (AvgIpc) is 3.19. The molecule has 0 aromatic carbocycles. The lowest BCUT2D eigenvalue weighted by Gasteiger charge is -2.20. The Kier molecular flexibility index (Phi) is 4.96. The predicted molar refractivity (Wildman–Crippen MR) is 82.0 cm³/mol. The number of carbonyl (C=O) groups excluding carboxylic acids is 1. The molecule has 1 aromatic rings. The minimum atomic E-state index is 0.363. The molecule has 21 heavy (non-hydrogen) atoms. The van der Waals surface area contributed by atoms with Gasteiger partial charge in [-0.25, -0.2) is 0 Å². The maximum atomic E-state index is 12.1. The number of rotatable bonds is 7. The minimum absolute atomic E-state index is 0.363. The molecule has 0 spiro atoms. The van der Waals surface area contributed by atoms with Crippen molar-refractivity contribution in [3.63, 3.8) is 0 Å². The molecule has 1 saturated heterocycles. The summed E-state index contributed by atoms with van der Waals surface area (Å²) in [6.45, 7) is 2.94. The van der Waals surface area contributed by atoms with Gasteiger partial charge in [-0.15, -0.1) is 0 Å². The maximum absolute atomic E-state index is 12.1. The lowest BCUT2D eigenvalue weighted by Crippen LogP contribution is -2.34. The molecule has 116 valence electrons. The molecular weight excluding hydrogens is 264 g/mol. The zero-order chi connectivity index (χ0) is 14.5. The van der Waals surface area contributed by atoms with Gasteiger partial charge < -0.3 is 14.6 Å². The fraction of sp³-hybridized carbons (Fsp3) is 0.706. The lowest BCUT2D eigenvalue weighted by atomic mass is 10.1. The van der Waals surface area contributed by atoms with Crippen molar-refractivity contribution in [1.82, 2.24) is 10.2 Å². The Morgan fingerprint density at radius 3 is 2.95 bits per heavy atom. The molecule has 1 saturated carbocycles. The Balaban J connectivity index is 1.35. The fourth-order valence-electron chi connectivity index (χ4n) is 3.07. The van der Waals surface area contributed by atoms with Gasteiger partial charge >= 0.3 is 0 Å². The summed E-state index contributed by atoms with van der Waals surface area (Å²) < 4.78 is 5.34. The average molecular weight is 290 g/mol. The third-order valence-corrected chi connectivity index (χ3v) is 4.60. The predicted octanol–water partition coefficient (Wildman–Crippen LogP) is 2.59. The molecule has 1 unspecified atom stereocenters. The molecule has 1 N–H and O–H groups in total. The number of aryl methyl sites for hydroxylation is 1. The number of nitrogens with zero attached hydrogens (tertiary/aromatic N) is 1. The molecule has 2 aliphatic rings. The SMILES string of the molecule is O=C1CCC(NCCCc2ccco2)CCN1CC1CC1. The van der Waals surface area contributed by atoms with Gasteiger partial charge in [-0.3, -0.25) is 4.79 Å². The van der Waals surface area contributed by atoms with E-state index in [9.17, 15) is 4.79 Å². The molecule has 1 aromatic heterocycles. The normalized spacial score (nSPS) is 23.3. The van der Waals surface area contributed by atoms with Crippen molar-refractivity contribution in [2.45, 2.75) is 51.0 Å². The van der Waals surface area contributed by atoms with Gasteiger partial charge in [0, 0.05) is 32.0 Å². The van der Waals surface area contributed by atoms with Crippen LogP contribution in [0.1, 0.15) is 44.3 Å². The summed E-state index contributed by atoms with van der Waals surface area (Å²) in [5, 5.41) is 3.61. The number of likely N-dealkylation sites (tertiary alicyclic amines) is 1. The molecule has 2 heterocycles. The van der Waals surface area contributed by atoms with Crippen LogP contribution in [0.5, 0.6) is 0 Å². The van der Waals surface area contributed by atoms with Crippen LogP contribution >= 0.6 is 0 Å². The van der Waals surface area contributed by atoms with Gasteiger partial charge in [0.1, 0.15) is 5.76 Å². The minimum Gasteiger partial charge on any atom is -0.469 e. The summed E-state index contributed by atoms with van der Waals surface area (Å²) in [5.74, 6) is 2.22. The van der Waals surface area contributed by atoms with Gasteiger partial charge in [-0.05, 0) is 56.7 Å². The second-order valence-corrected chi connectivity index (χ2v) is 6.44. The van der Waals surface area contributed by atoms with Crippen LogP contribution in [0.4, 0.5) is 0 Å². The fourth-order valence-corrected chi connectivity index (χ4v) is 3.07. The monoisotopic (exact) mass is 290 g/mol. The van der Waals surface area contributed by atoms with Crippen LogP contribution in [0, 0.1) is 5.92 Å². The first-order chi connectivity index (χ1) is 10.3. The highest BCUT2D eigenvalue weighted by molar-refractivity contribution is 5.76. The van der Waals surface area contributed by atoms with Gasteiger partial charge in [0.2, 0.25) is 5.91 Å². The molecule has 4 nitrogen and oxygen atoms in total. The highest BCUT2D eigenvalue weighted by Crippen LogP contribution is 2.30. The Hall–Kier alpha value is -1.29. The highest BCUT2D eigenvalue weighted by atomic mass is 16.3. The molecule has 0 radical (unpaired) electrons. The largest absolute Gasteiger partial charge is 0.469 e. The molecule has 2 fully saturated rings. The Bertz CT molecular complexity index is 440. The molecule has 1 aliphatic carbocycles. The van der Waals surface area contributed by atoms with Gasteiger partial charge in [0.05, 0.1) is 6.26 Å². The highest BCUT2D eigenvalue weighted by Gasteiger charge is 2.28. The smallest absolute Gasteiger partial charge is 0.222 e. The Labute approximate surface area is 126 Å². The third-order valence-electron chi connectivity index (χ3n) is 4.60. The quantitative estimate of drug-likeness (QED) is 0.785. The first-order valence-corrected chi connectivity index (χ1v) is 8.35. The van der Waals surface area contributed by atoms with E-state index in [0.717, 1.165) is 57.0 Å². The van der Waals surface area contributed by atoms with Crippen molar-refractivity contribution >= 4 is 5.91 Å². The van der Waals surface area contributed by atoms with Crippen molar-refractivity contribution in [3.8, 4) is 0 Å². The Morgan fingerprint density at radius 1 is 1.29 bits per heavy atom. The van der Waals surface area contributed by atoms with E-state index in [0.29, 0.717) is 18.4 Å².